The molecule has 140 valence electrons. The Kier molecular flexibility index (Phi) is 4.68. The van der Waals surface area contributed by atoms with E-state index in [2.05, 4.69) is 5.32 Å². The molecule has 1 N–H and O–H groups in total. The van der Waals surface area contributed by atoms with E-state index >= 15 is 0 Å². The second-order valence-corrected chi connectivity index (χ2v) is 9.15. The molecule has 1 aromatic rings. The molecule has 6 heteroatoms. The number of carbonyl (C=O) groups is 2. The van der Waals surface area contributed by atoms with Crippen LogP contribution in [0.3, 0.4) is 0 Å². The SMILES string of the molecule is C[C@H](OC(=O)c1c(Cl)cccc1Cl)C(=O)NC12CC3CC(CC(C3)C1)C2. The minimum atomic E-state index is -0.886. The van der Waals surface area contributed by atoms with Crippen LogP contribution in [0.4, 0.5) is 0 Å². The Balaban J connectivity index is 1.42. The Labute approximate surface area is 163 Å². The predicted molar refractivity (Wildman–Crippen MR) is 100 cm³/mol. The van der Waals surface area contributed by atoms with Gasteiger partial charge in [-0.1, -0.05) is 29.3 Å². The van der Waals surface area contributed by atoms with Gasteiger partial charge in [-0.25, -0.2) is 4.79 Å². The first-order chi connectivity index (χ1) is 12.3. The van der Waals surface area contributed by atoms with Crippen molar-refractivity contribution in [1.29, 1.82) is 0 Å². The van der Waals surface area contributed by atoms with Crippen LogP contribution in [0.5, 0.6) is 0 Å². The first-order valence-corrected chi connectivity index (χ1v) is 10.1. The summed E-state index contributed by atoms with van der Waals surface area (Å²) in [4.78, 5) is 25.1. The van der Waals surface area contributed by atoms with Gasteiger partial charge in [-0.2, -0.15) is 0 Å². The number of nitrogens with one attached hydrogen (secondary N) is 1. The standard InChI is InChI=1S/C20H23Cl2NO3/c1-11(26-19(25)17-15(21)3-2-4-16(17)22)18(24)23-20-8-12-5-13(9-20)7-14(6-12)10-20/h2-4,11-14H,5-10H2,1H3,(H,23,24)/t11-,12?,13?,14?,20?/m0/s1. The number of benzene rings is 1. The van der Waals surface area contributed by atoms with Gasteiger partial charge in [0.05, 0.1) is 15.6 Å². The Bertz CT molecular complexity index is 693. The average molecular weight is 396 g/mol. The molecule has 4 aliphatic carbocycles. The van der Waals surface area contributed by atoms with Crippen LogP contribution >= 0.6 is 23.2 Å². The molecule has 0 saturated heterocycles. The van der Waals surface area contributed by atoms with E-state index in [1.807, 2.05) is 0 Å². The van der Waals surface area contributed by atoms with E-state index in [1.54, 1.807) is 25.1 Å². The van der Waals surface area contributed by atoms with E-state index in [4.69, 9.17) is 27.9 Å². The number of amides is 1. The third-order valence-corrected chi connectivity index (χ3v) is 6.88. The van der Waals surface area contributed by atoms with E-state index < -0.39 is 12.1 Å². The third-order valence-electron chi connectivity index (χ3n) is 6.25. The van der Waals surface area contributed by atoms with Gasteiger partial charge in [0.15, 0.2) is 6.10 Å². The maximum atomic E-state index is 12.7. The molecule has 1 atom stereocenters. The van der Waals surface area contributed by atoms with Crippen LogP contribution in [0.1, 0.15) is 55.8 Å². The number of rotatable bonds is 4. The van der Waals surface area contributed by atoms with Crippen LogP contribution in [-0.2, 0) is 9.53 Å². The van der Waals surface area contributed by atoms with E-state index in [9.17, 15) is 9.59 Å². The van der Waals surface area contributed by atoms with Gasteiger partial charge in [-0.3, -0.25) is 4.79 Å². The highest BCUT2D eigenvalue weighted by Crippen LogP contribution is 2.55. The van der Waals surface area contributed by atoms with Crippen LogP contribution in [0, 0.1) is 17.8 Å². The summed E-state index contributed by atoms with van der Waals surface area (Å²) in [7, 11) is 0. The zero-order valence-electron chi connectivity index (χ0n) is 14.8. The Morgan fingerprint density at radius 2 is 1.58 bits per heavy atom. The molecule has 4 saturated carbocycles. The summed E-state index contributed by atoms with van der Waals surface area (Å²) in [5, 5.41) is 3.67. The zero-order valence-corrected chi connectivity index (χ0v) is 16.3. The molecule has 5 rings (SSSR count). The lowest BCUT2D eigenvalue weighted by molar-refractivity contribution is -0.134. The molecule has 0 aromatic heterocycles. The summed E-state index contributed by atoms with van der Waals surface area (Å²) in [6.07, 6.45) is 6.22. The zero-order chi connectivity index (χ0) is 18.5. The van der Waals surface area contributed by atoms with E-state index in [-0.39, 0.29) is 27.1 Å². The number of hydrogen-bond donors (Lipinski definition) is 1. The molecular weight excluding hydrogens is 373 g/mol. The molecule has 0 radical (unpaired) electrons. The van der Waals surface area contributed by atoms with Crippen molar-refractivity contribution in [3.8, 4) is 0 Å². The molecule has 26 heavy (non-hydrogen) atoms. The summed E-state index contributed by atoms with van der Waals surface area (Å²) in [5.41, 5.74) is -0.000523. The molecule has 0 heterocycles. The number of halogens is 2. The highest BCUT2D eigenvalue weighted by molar-refractivity contribution is 6.39. The third kappa shape index (κ3) is 3.34. The molecule has 4 nitrogen and oxygen atoms in total. The largest absolute Gasteiger partial charge is 0.449 e. The van der Waals surface area contributed by atoms with Crippen molar-refractivity contribution >= 4 is 35.1 Å². The molecule has 0 unspecified atom stereocenters. The van der Waals surface area contributed by atoms with Gasteiger partial charge >= 0.3 is 5.97 Å². The Morgan fingerprint density at radius 1 is 1.08 bits per heavy atom. The number of esters is 1. The van der Waals surface area contributed by atoms with Crippen molar-refractivity contribution < 1.29 is 14.3 Å². The van der Waals surface area contributed by atoms with Gasteiger partial charge in [0.25, 0.3) is 5.91 Å². The molecular formula is C20H23Cl2NO3. The fourth-order valence-electron chi connectivity index (χ4n) is 5.59. The van der Waals surface area contributed by atoms with Crippen LogP contribution in [0.2, 0.25) is 10.0 Å². The maximum absolute atomic E-state index is 12.7. The second-order valence-electron chi connectivity index (χ2n) is 8.33. The van der Waals surface area contributed by atoms with Gasteiger partial charge in [0.1, 0.15) is 0 Å². The average Bonchev–Trinajstić information content (AvgIpc) is 2.52. The van der Waals surface area contributed by atoms with E-state index in [0.717, 1.165) is 37.0 Å². The number of hydrogen-bond acceptors (Lipinski definition) is 3. The number of carbonyl (C=O) groups excluding carboxylic acids is 2. The summed E-state index contributed by atoms with van der Waals surface area (Å²) in [6.45, 7) is 1.60. The maximum Gasteiger partial charge on any atom is 0.341 e. The Hall–Kier alpha value is -1.26. The minimum Gasteiger partial charge on any atom is -0.449 e. The van der Waals surface area contributed by atoms with Crippen molar-refractivity contribution in [2.45, 2.75) is 57.1 Å². The summed E-state index contributed by atoms with van der Waals surface area (Å²) < 4.78 is 5.35. The lowest BCUT2D eigenvalue weighted by atomic mass is 9.53. The van der Waals surface area contributed by atoms with Crippen LogP contribution in [0.15, 0.2) is 18.2 Å². The van der Waals surface area contributed by atoms with Gasteiger partial charge in [-0.15, -0.1) is 0 Å². The minimum absolute atomic E-state index is 0.102. The van der Waals surface area contributed by atoms with Gasteiger partial charge in [0.2, 0.25) is 0 Å². The fraction of sp³-hybridized carbons (Fsp3) is 0.600. The first kappa shape index (κ1) is 18.1. The quantitative estimate of drug-likeness (QED) is 0.756. The monoisotopic (exact) mass is 395 g/mol. The topological polar surface area (TPSA) is 55.4 Å². The summed E-state index contributed by atoms with van der Waals surface area (Å²) in [5.74, 6) is 1.31. The van der Waals surface area contributed by atoms with Gasteiger partial charge < -0.3 is 10.1 Å². The molecule has 4 fully saturated rings. The van der Waals surface area contributed by atoms with Crippen molar-refractivity contribution in [3.63, 3.8) is 0 Å². The first-order valence-electron chi connectivity index (χ1n) is 9.32. The van der Waals surface area contributed by atoms with Crippen molar-refractivity contribution in [2.75, 3.05) is 0 Å². The van der Waals surface area contributed by atoms with Crippen molar-refractivity contribution in [2.24, 2.45) is 17.8 Å². The van der Waals surface area contributed by atoms with E-state index in [1.165, 1.54) is 19.3 Å². The lowest BCUT2D eigenvalue weighted by Crippen LogP contribution is -2.61. The van der Waals surface area contributed by atoms with Gasteiger partial charge in [-0.05, 0) is 75.3 Å². The van der Waals surface area contributed by atoms with E-state index in [0.29, 0.717) is 0 Å². The summed E-state index contributed by atoms with van der Waals surface area (Å²) in [6, 6.07) is 4.80. The molecule has 0 spiro atoms. The fourth-order valence-corrected chi connectivity index (χ4v) is 6.14. The second kappa shape index (κ2) is 6.72. The van der Waals surface area contributed by atoms with Crippen molar-refractivity contribution in [1.82, 2.24) is 5.32 Å². The predicted octanol–water partition coefficient (Wildman–Crippen LogP) is 4.62. The molecule has 0 aliphatic heterocycles. The molecule has 1 aromatic carbocycles. The highest BCUT2D eigenvalue weighted by atomic mass is 35.5. The summed E-state index contributed by atoms with van der Waals surface area (Å²) >= 11 is 12.1. The smallest absolute Gasteiger partial charge is 0.341 e. The molecule has 4 bridgehead atoms. The lowest BCUT2D eigenvalue weighted by Gasteiger charge is -2.57. The van der Waals surface area contributed by atoms with Crippen LogP contribution in [-0.4, -0.2) is 23.5 Å². The van der Waals surface area contributed by atoms with Crippen LogP contribution in [0.25, 0.3) is 0 Å². The normalized spacial score (nSPS) is 33.0. The van der Waals surface area contributed by atoms with Crippen LogP contribution < -0.4 is 5.32 Å². The number of ether oxygens (including phenoxy) is 1. The van der Waals surface area contributed by atoms with Crippen molar-refractivity contribution in [3.05, 3.63) is 33.8 Å². The Morgan fingerprint density at radius 3 is 2.08 bits per heavy atom. The molecule has 1 amide bonds. The highest BCUT2D eigenvalue weighted by Gasteiger charge is 2.51. The van der Waals surface area contributed by atoms with Gasteiger partial charge in [0, 0.05) is 5.54 Å². The molecule has 4 aliphatic rings.